The molecule has 3 aromatic carbocycles. The summed E-state index contributed by atoms with van der Waals surface area (Å²) in [6.07, 6.45) is -3.83. The van der Waals surface area contributed by atoms with E-state index in [4.69, 9.17) is 29.4 Å². The molecule has 0 saturated carbocycles. The lowest BCUT2D eigenvalue weighted by molar-refractivity contribution is -0.137. The number of ether oxygens (including phenoxy) is 5. The number of carbonyl (C=O) groups excluding carboxylic acids is 7. The number of hydrogen-bond donors (Lipinski definition) is 5. The number of nitrogens with one attached hydrogen (secondary N) is 4. The first-order valence-electron chi connectivity index (χ1n) is 22.4. The summed E-state index contributed by atoms with van der Waals surface area (Å²) in [7, 11) is 0. The number of aromatic nitrogens is 1. The molecular formula is C48H47F4N7O12S. The zero-order chi connectivity index (χ0) is 51.4. The maximum absolute atomic E-state index is 14.3. The summed E-state index contributed by atoms with van der Waals surface area (Å²) >= 11 is 0.691. The van der Waals surface area contributed by atoms with Crippen molar-refractivity contribution in [1.82, 2.24) is 25.8 Å². The van der Waals surface area contributed by atoms with Gasteiger partial charge in [-0.3, -0.25) is 43.8 Å². The fourth-order valence-electron chi connectivity index (χ4n) is 7.45. The molecule has 2 aliphatic rings. The van der Waals surface area contributed by atoms with Crippen LogP contribution in [0.1, 0.15) is 61.6 Å². The van der Waals surface area contributed by atoms with Crippen molar-refractivity contribution in [3.05, 3.63) is 100 Å². The first kappa shape index (κ1) is 52.3. The Morgan fingerprint density at radius 3 is 2.06 bits per heavy atom. The van der Waals surface area contributed by atoms with Crippen molar-refractivity contribution < 1.29 is 74.8 Å². The molecule has 7 amide bonds. The Morgan fingerprint density at radius 2 is 1.43 bits per heavy atom. The van der Waals surface area contributed by atoms with Crippen molar-refractivity contribution in [3.8, 4) is 22.8 Å². The second kappa shape index (κ2) is 24.0. The number of benzene rings is 3. The Morgan fingerprint density at radius 1 is 0.806 bits per heavy atom. The summed E-state index contributed by atoms with van der Waals surface area (Å²) < 4.78 is 83.8. The standard InChI is InChI=1S/C48H47F4N7O12S/c49-28-8-10-29(11-9-28)56-44(64)42-41(53)40-32(48(50,51)52)24-33(57-45(40)72-42)27-6-12-30(13-7-27)70-25-37(61)54-16-2-18-67-20-22-69-23-21-68-19-3-17-55-38(62)26-71-35-5-1-4-31-39(35)47(66)59(46(31)65)34-14-15-36(60)58-43(34)63/h1,4-13,24,34H,2-3,14-23,25-26,53H2,(H,54,61)(H,55,62)(H,56,64)(H,58,60,63). The van der Waals surface area contributed by atoms with Crippen LogP contribution < -0.4 is 36.5 Å². The third kappa shape index (κ3) is 13.2. The Balaban J connectivity index is 0.710. The molecule has 1 unspecified atom stereocenters. The van der Waals surface area contributed by atoms with Crippen molar-refractivity contribution in [2.45, 2.75) is 37.9 Å². The Labute approximate surface area is 411 Å². The van der Waals surface area contributed by atoms with Gasteiger partial charge in [-0.15, -0.1) is 11.3 Å². The Kier molecular flexibility index (Phi) is 17.5. The van der Waals surface area contributed by atoms with Crippen molar-refractivity contribution in [2.75, 3.05) is 77.0 Å². The fraction of sp³-hybridized carbons (Fsp3) is 0.333. The zero-order valence-corrected chi connectivity index (χ0v) is 39.0. The van der Waals surface area contributed by atoms with Crippen LogP contribution in [0.15, 0.2) is 72.8 Å². The molecule has 1 fully saturated rings. The molecule has 4 heterocycles. The van der Waals surface area contributed by atoms with Gasteiger partial charge in [-0.05, 0) is 86.0 Å². The molecule has 6 N–H and O–H groups in total. The van der Waals surface area contributed by atoms with E-state index in [9.17, 15) is 51.1 Å². The molecule has 2 aliphatic heterocycles. The van der Waals surface area contributed by atoms with Crippen LogP contribution in [0, 0.1) is 5.82 Å². The number of nitrogens with two attached hydrogens (primary N) is 1. The predicted octanol–water partition coefficient (Wildman–Crippen LogP) is 4.88. The molecule has 7 rings (SSSR count). The third-order valence-corrected chi connectivity index (χ3v) is 12.0. The fourth-order valence-corrected chi connectivity index (χ4v) is 8.46. The minimum absolute atomic E-state index is 0.0112. The normalized spacial score (nSPS) is 14.6. The molecule has 24 heteroatoms. The number of thiophene rings is 1. The minimum atomic E-state index is -4.83. The van der Waals surface area contributed by atoms with Crippen LogP contribution >= 0.6 is 11.3 Å². The number of amides is 7. The number of nitrogens with zero attached hydrogens (tertiary/aromatic N) is 2. The largest absolute Gasteiger partial charge is 0.484 e. The summed E-state index contributed by atoms with van der Waals surface area (Å²) in [5.74, 6) is -4.50. The summed E-state index contributed by atoms with van der Waals surface area (Å²) in [6.45, 7) is 1.80. The number of hydrogen-bond acceptors (Lipinski definition) is 15. The van der Waals surface area contributed by atoms with E-state index in [0.29, 0.717) is 75.9 Å². The average Bonchev–Trinajstić information content (AvgIpc) is 3.83. The van der Waals surface area contributed by atoms with Crippen LogP contribution in [0.5, 0.6) is 11.5 Å². The van der Waals surface area contributed by atoms with Crippen molar-refractivity contribution in [1.29, 1.82) is 0 Å². The Bertz CT molecular complexity index is 2830. The lowest BCUT2D eigenvalue weighted by atomic mass is 10.0. The number of rotatable bonds is 24. The summed E-state index contributed by atoms with van der Waals surface area (Å²) in [5, 5.41) is 9.63. The third-order valence-electron chi connectivity index (χ3n) is 10.9. The molecule has 19 nitrogen and oxygen atoms in total. The van der Waals surface area contributed by atoms with E-state index < -0.39 is 76.9 Å². The lowest BCUT2D eigenvalue weighted by Gasteiger charge is -2.27. The predicted molar refractivity (Wildman–Crippen MR) is 251 cm³/mol. The number of alkyl halides is 3. The van der Waals surface area contributed by atoms with Crippen LogP contribution in [0.2, 0.25) is 0 Å². The van der Waals surface area contributed by atoms with Gasteiger partial charge in [0.15, 0.2) is 13.2 Å². The molecular weight excluding hydrogens is 975 g/mol. The molecule has 380 valence electrons. The molecule has 1 atom stereocenters. The van der Waals surface area contributed by atoms with Crippen molar-refractivity contribution >= 4 is 74.3 Å². The molecule has 0 bridgehead atoms. The van der Waals surface area contributed by atoms with Gasteiger partial charge in [0.25, 0.3) is 29.5 Å². The number of halogens is 4. The first-order chi connectivity index (χ1) is 34.6. The van der Waals surface area contributed by atoms with Crippen LogP contribution in [0.25, 0.3) is 21.5 Å². The lowest BCUT2D eigenvalue weighted by Crippen LogP contribution is -2.54. The van der Waals surface area contributed by atoms with Gasteiger partial charge in [0.05, 0.1) is 54.5 Å². The quantitative estimate of drug-likeness (QED) is 0.0314. The van der Waals surface area contributed by atoms with E-state index >= 15 is 0 Å². The van der Waals surface area contributed by atoms with Gasteiger partial charge in [-0.2, -0.15) is 13.2 Å². The smallest absolute Gasteiger partial charge is 0.417 e. The number of carbonyl (C=O) groups is 7. The molecule has 0 radical (unpaired) electrons. The second-order valence-electron chi connectivity index (χ2n) is 16.0. The van der Waals surface area contributed by atoms with Crippen LogP contribution in [0.4, 0.5) is 28.9 Å². The highest BCUT2D eigenvalue weighted by molar-refractivity contribution is 7.21. The number of anilines is 2. The maximum atomic E-state index is 14.3. The number of fused-ring (bicyclic) bond motifs is 2. The second-order valence-corrected chi connectivity index (χ2v) is 17.0. The van der Waals surface area contributed by atoms with E-state index in [0.717, 1.165) is 23.1 Å². The molecule has 2 aromatic heterocycles. The first-order valence-corrected chi connectivity index (χ1v) is 23.2. The summed E-state index contributed by atoms with van der Waals surface area (Å²) in [6, 6.07) is 14.9. The SMILES string of the molecule is Nc1c(C(=O)Nc2ccc(F)cc2)sc2nc(-c3ccc(OCC(=O)NCCCOCCOCCOCCCNC(=O)COc4cccc5c4C(=O)N(C4CCC(=O)NC4=O)C5=O)cc3)cc(C(F)(F)F)c12. The monoisotopic (exact) mass is 1020 g/mol. The van der Waals surface area contributed by atoms with Gasteiger partial charge in [0, 0.05) is 49.4 Å². The van der Waals surface area contributed by atoms with E-state index in [1.165, 1.54) is 54.6 Å². The number of nitrogen functional groups attached to an aromatic ring is 1. The van der Waals surface area contributed by atoms with E-state index in [1.54, 1.807) is 0 Å². The van der Waals surface area contributed by atoms with E-state index in [2.05, 4.69) is 26.3 Å². The molecule has 5 aromatic rings. The molecule has 0 spiro atoms. The van der Waals surface area contributed by atoms with Crippen LogP contribution in [-0.4, -0.2) is 123 Å². The number of pyridine rings is 1. The molecule has 72 heavy (non-hydrogen) atoms. The highest BCUT2D eigenvalue weighted by Gasteiger charge is 2.46. The van der Waals surface area contributed by atoms with Gasteiger partial charge in [0.2, 0.25) is 11.8 Å². The average molecular weight is 1020 g/mol. The summed E-state index contributed by atoms with van der Waals surface area (Å²) in [4.78, 5) is 92.7. The van der Waals surface area contributed by atoms with Gasteiger partial charge >= 0.3 is 6.18 Å². The number of imide groups is 2. The van der Waals surface area contributed by atoms with Crippen LogP contribution in [0.3, 0.4) is 0 Å². The highest BCUT2D eigenvalue weighted by atomic mass is 32.1. The van der Waals surface area contributed by atoms with Crippen molar-refractivity contribution in [2.24, 2.45) is 0 Å². The van der Waals surface area contributed by atoms with Crippen molar-refractivity contribution in [3.63, 3.8) is 0 Å². The van der Waals surface area contributed by atoms with Gasteiger partial charge in [0.1, 0.15) is 33.1 Å². The summed E-state index contributed by atoms with van der Waals surface area (Å²) in [5.41, 5.74) is 5.11. The zero-order valence-electron chi connectivity index (χ0n) is 38.2. The molecule has 1 saturated heterocycles. The molecule has 0 aliphatic carbocycles. The van der Waals surface area contributed by atoms with Gasteiger partial charge in [-0.1, -0.05) is 6.07 Å². The topological polar surface area (TPSA) is 256 Å². The number of piperidine rings is 1. The van der Waals surface area contributed by atoms with E-state index in [1.807, 2.05) is 0 Å². The minimum Gasteiger partial charge on any atom is -0.484 e. The van der Waals surface area contributed by atoms with Crippen LogP contribution in [-0.2, 0) is 39.6 Å². The van der Waals surface area contributed by atoms with Gasteiger partial charge in [-0.25, -0.2) is 9.37 Å². The van der Waals surface area contributed by atoms with Gasteiger partial charge < -0.3 is 45.4 Å². The Hall–Kier alpha value is -7.54. The highest BCUT2D eigenvalue weighted by Crippen LogP contribution is 2.44. The van der Waals surface area contributed by atoms with E-state index in [-0.39, 0.29) is 75.4 Å². The maximum Gasteiger partial charge on any atom is 0.417 e.